The monoisotopic (exact) mass is 299 g/mol. The van der Waals surface area contributed by atoms with E-state index in [0.29, 0.717) is 0 Å². The highest BCUT2D eigenvalue weighted by Gasteiger charge is 2.23. The summed E-state index contributed by atoms with van der Waals surface area (Å²) < 4.78 is 0. The summed E-state index contributed by atoms with van der Waals surface area (Å²) in [6, 6.07) is 0. The second kappa shape index (κ2) is 6.59. The van der Waals surface area contributed by atoms with E-state index >= 15 is 0 Å². The summed E-state index contributed by atoms with van der Waals surface area (Å²) in [5.41, 5.74) is 1.11. The number of hydrogen-bond acceptors (Lipinski definition) is 4. The van der Waals surface area contributed by atoms with Crippen molar-refractivity contribution in [3.8, 4) is 0 Å². The predicted octanol–water partition coefficient (Wildman–Crippen LogP) is 4.50. The number of aromatic nitrogens is 1. The van der Waals surface area contributed by atoms with Crippen LogP contribution in [-0.2, 0) is 17.8 Å². The molecule has 0 saturated heterocycles. The molecule has 1 heterocycles. The topological polar surface area (TPSA) is 33.1 Å². The number of thioether (sulfide) groups is 1. The zero-order valence-corrected chi connectivity index (χ0v) is 13.9. The SMILES string of the molecule is CC(C)(C)c1nc(CSC2CCCCC2)sc1CO. The molecule has 2 nitrogen and oxygen atoms in total. The average molecular weight is 300 g/mol. The second-order valence-electron chi connectivity index (χ2n) is 6.36. The molecule has 0 amide bonds. The third-order valence-corrected chi connectivity index (χ3v) is 6.20. The van der Waals surface area contributed by atoms with Gasteiger partial charge >= 0.3 is 0 Å². The van der Waals surface area contributed by atoms with E-state index in [4.69, 9.17) is 4.98 Å². The zero-order chi connectivity index (χ0) is 13.9. The molecule has 0 atom stereocenters. The summed E-state index contributed by atoms with van der Waals surface area (Å²) in [6.07, 6.45) is 6.94. The van der Waals surface area contributed by atoms with E-state index in [0.717, 1.165) is 21.6 Å². The lowest BCUT2D eigenvalue weighted by molar-refractivity contribution is 0.282. The Morgan fingerprint density at radius 1 is 1.26 bits per heavy atom. The number of aliphatic hydroxyl groups is 1. The first-order chi connectivity index (χ1) is 9.00. The summed E-state index contributed by atoms with van der Waals surface area (Å²) in [6.45, 7) is 6.62. The highest BCUT2D eigenvalue weighted by molar-refractivity contribution is 7.99. The Morgan fingerprint density at radius 3 is 2.47 bits per heavy atom. The Morgan fingerprint density at radius 2 is 1.95 bits per heavy atom. The van der Waals surface area contributed by atoms with Crippen molar-refractivity contribution < 1.29 is 5.11 Å². The second-order valence-corrected chi connectivity index (χ2v) is 8.82. The van der Waals surface area contributed by atoms with Crippen molar-refractivity contribution in [2.24, 2.45) is 0 Å². The van der Waals surface area contributed by atoms with Crippen LogP contribution in [0, 0.1) is 0 Å². The van der Waals surface area contributed by atoms with E-state index in [-0.39, 0.29) is 12.0 Å². The van der Waals surface area contributed by atoms with Gasteiger partial charge in [-0.25, -0.2) is 4.98 Å². The molecule has 1 N–H and O–H groups in total. The fourth-order valence-electron chi connectivity index (χ4n) is 2.58. The van der Waals surface area contributed by atoms with Crippen LogP contribution in [0.5, 0.6) is 0 Å². The van der Waals surface area contributed by atoms with Crippen molar-refractivity contribution >= 4 is 23.1 Å². The van der Waals surface area contributed by atoms with Gasteiger partial charge in [0.25, 0.3) is 0 Å². The van der Waals surface area contributed by atoms with E-state index in [1.165, 1.54) is 37.1 Å². The van der Waals surface area contributed by atoms with Gasteiger partial charge < -0.3 is 5.11 Å². The molecule has 0 bridgehead atoms. The van der Waals surface area contributed by atoms with Crippen molar-refractivity contribution in [3.63, 3.8) is 0 Å². The van der Waals surface area contributed by atoms with Crippen LogP contribution < -0.4 is 0 Å². The Balaban J connectivity index is 1.98. The number of rotatable bonds is 4. The lowest BCUT2D eigenvalue weighted by Gasteiger charge is -2.20. The molecular formula is C15H25NOS2. The van der Waals surface area contributed by atoms with Crippen molar-refractivity contribution in [1.82, 2.24) is 4.98 Å². The molecule has 0 aromatic carbocycles. The highest BCUT2D eigenvalue weighted by atomic mass is 32.2. The van der Waals surface area contributed by atoms with Crippen LogP contribution in [0.4, 0.5) is 0 Å². The lowest BCUT2D eigenvalue weighted by Crippen LogP contribution is -2.14. The van der Waals surface area contributed by atoms with Crippen LogP contribution in [0.3, 0.4) is 0 Å². The maximum absolute atomic E-state index is 9.48. The smallest absolute Gasteiger partial charge is 0.103 e. The summed E-state index contributed by atoms with van der Waals surface area (Å²) >= 11 is 3.75. The first kappa shape index (κ1) is 15.3. The van der Waals surface area contributed by atoms with Gasteiger partial charge in [0.2, 0.25) is 0 Å². The summed E-state index contributed by atoms with van der Waals surface area (Å²) in [4.78, 5) is 5.82. The van der Waals surface area contributed by atoms with Crippen LogP contribution in [0.25, 0.3) is 0 Å². The molecule has 108 valence electrons. The molecule has 0 aliphatic heterocycles. The van der Waals surface area contributed by atoms with Gasteiger partial charge in [-0.3, -0.25) is 0 Å². The van der Waals surface area contributed by atoms with Gasteiger partial charge in [0.15, 0.2) is 0 Å². The molecule has 1 aromatic heterocycles. The van der Waals surface area contributed by atoms with Gasteiger partial charge in [0, 0.05) is 16.4 Å². The van der Waals surface area contributed by atoms with Crippen molar-refractivity contribution in [3.05, 3.63) is 15.6 Å². The largest absolute Gasteiger partial charge is 0.391 e. The summed E-state index contributed by atoms with van der Waals surface area (Å²) in [5, 5.41) is 11.5. The number of thiazole rings is 1. The Hall–Kier alpha value is -0.0600. The molecule has 0 radical (unpaired) electrons. The summed E-state index contributed by atoms with van der Waals surface area (Å²) in [5.74, 6) is 1.01. The maximum atomic E-state index is 9.48. The molecular weight excluding hydrogens is 274 g/mol. The van der Waals surface area contributed by atoms with Gasteiger partial charge in [-0.1, -0.05) is 40.0 Å². The predicted molar refractivity (Wildman–Crippen MR) is 84.9 cm³/mol. The lowest BCUT2D eigenvalue weighted by atomic mass is 9.91. The van der Waals surface area contributed by atoms with Gasteiger partial charge in [-0.15, -0.1) is 11.3 Å². The fraction of sp³-hybridized carbons (Fsp3) is 0.800. The first-order valence-electron chi connectivity index (χ1n) is 7.22. The molecule has 0 spiro atoms. The van der Waals surface area contributed by atoms with E-state index in [9.17, 15) is 5.11 Å². The Labute approximate surface area is 125 Å². The van der Waals surface area contributed by atoms with Crippen molar-refractivity contribution in [2.45, 2.75) is 75.9 Å². The highest BCUT2D eigenvalue weighted by Crippen LogP contribution is 2.34. The normalized spacial score (nSPS) is 17.9. The van der Waals surface area contributed by atoms with E-state index in [1.54, 1.807) is 11.3 Å². The molecule has 2 rings (SSSR count). The number of aliphatic hydroxyl groups excluding tert-OH is 1. The average Bonchev–Trinajstić information content (AvgIpc) is 2.81. The zero-order valence-electron chi connectivity index (χ0n) is 12.2. The maximum Gasteiger partial charge on any atom is 0.103 e. The third kappa shape index (κ3) is 4.20. The van der Waals surface area contributed by atoms with Crippen LogP contribution in [0.15, 0.2) is 0 Å². The Bertz CT molecular complexity index is 403. The van der Waals surface area contributed by atoms with E-state index in [1.807, 2.05) is 0 Å². The van der Waals surface area contributed by atoms with Crippen LogP contribution in [0.2, 0.25) is 0 Å². The molecule has 4 heteroatoms. The van der Waals surface area contributed by atoms with Gasteiger partial charge in [0.1, 0.15) is 5.01 Å². The van der Waals surface area contributed by atoms with Crippen LogP contribution >= 0.6 is 23.1 Å². The molecule has 1 fully saturated rings. The fourth-order valence-corrected chi connectivity index (χ4v) is 5.06. The quantitative estimate of drug-likeness (QED) is 0.888. The van der Waals surface area contributed by atoms with Crippen molar-refractivity contribution in [2.75, 3.05) is 0 Å². The minimum absolute atomic E-state index is 0.0301. The van der Waals surface area contributed by atoms with Crippen molar-refractivity contribution in [1.29, 1.82) is 0 Å². The third-order valence-electron chi connectivity index (χ3n) is 3.59. The summed E-state index contributed by atoms with van der Waals surface area (Å²) in [7, 11) is 0. The first-order valence-corrected chi connectivity index (χ1v) is 9.08. The van der Waals surface area contributed by atoms with Gasteiger partial charge in [0.05, 0.1) is 17.2 Å². The molecule has 1 aliphatic rings. The molecule has 1 saturated carbocycles. The number of hydrogen-bond donors (Lipinski definition) is 1. The van der Waals surface area contributed by atoms with Crippen LogP contribution in [0.1, 0.15) is 68.5 Å². The van der Waals surface area contributed by atoms with Gasteiger partial charge in [-0.2, -0.15) is 11.8 Å². The van der Waals surface area contributed by atoms with E-state index < -0.39 is 0 Å². The molecule has 1 aromatic rings. The Kier molecular flexibility index (Phi) is 5.32. The molecule has 19 heavy (non-hydrogen) atoms. The minimum Gasteiger partial charge on any atom is -0.391 e. The standard InChI is InChI=1S/C15H25NOS2/c1-15(2,3)14-12(9-17)19-13(16-14)10-18-11-7-5-4-6-8-11/h11,17H,4-10H2,1-3H3. The number of nitrogens with zero attached hydrogens (tertiary/aromatic N) is 1. The van der Waals surface area contributed by atoms with Crippen LogP contribution in [-0.4, -0.2) is 15.3 Å². The van der Waals surface area contributed by atoms with E-state index in [2.05, 4.69) is 32.5 Å². The molecule has 0 unspecified atom stereocenters. The van der Waals surface area contributed by atoms with Gasteiger partial charge in [-0.05, 0) is 12.8 Å². The molecule has 1 aliphatic carbocycles. The minimum atomic E-state index is 0.0301.